The monoisotopic (exact) mass is 565 g/mol. The number of hydrogen-bond acceptors (Lipinski definition) is 4. The van der Waals surface area contributed by atoms with Crippen LogP contribution in [0.15, 0.2) is 120 Å². The zero-order valence-corrected chi connectivity index (χ0v) is 23.4. The first-order chi connectivity index (χ1) is 21.2. The van der Waals surface area contributed by atoms with Crippen molar-refractivity contribution in [2.75, 3.05) is 0 Å². The Balaban J connectivity index is 1.41. The Kier molecular flexibility index (Phi) is 4.87. The molecule has 3 aromatic heterocycles. The summed E-state index contributed by atoms with van der Waals surface area (Å²) < 4.78 is 10.5. The number of rotatable bonds is 2. The van der Waals surface area contributed by atoms with E-state index in [1.807, 2.05) is 54.6 Å². The van der Waals surface area contributed by atoms with Crippen molar-refractivity contribution in [2.24, 2.45) is 0 Å². The molecule has 0 amide bonds. The second-order valence-electron chi connectivity index (χ2n) is 10.7. The number of hydrogen-bond donors (Lipinski definition) is 0. The van der Waals surface area contributed by atoms with Crippen LogP contribution in [0, 0.1) is 22.7 Å². The van der Waals surface area contributed by atoms with E-state index in [1.54, 1.807) is 11.3 Å². The Bertz CT molecular complexity index is 2710. The van der Waals surface area contributed by atoms with Crippen LogP contribution in [0.2, 0.25) is 0 Å². The van der Waals surface area contributed by atoms with Gasteiger partial charge >= 0.3 is 0 Å². The molecule has 0 aliphatic heterocycles. The number of nitriles is 2. The van der Waals surface area contributed by atoms with Crippen molar-refractivity contribution >= 4 is 75.3 Å². The molecule has 0 bridgehead atoms. The third-order valence-corrected chi connectivity index (χ3v) is 9.76. The molecule has 3 heterocycles. The van der Waals surface area contributed by atoms with Gasteiger partial charge < -0.3 is 8.98 Å². The smallest absolute Gasteiger partial charge is 0.135 e. The van der Waals surface area contributed by atoms with Gasteiger partial charge in [0.2, 0.25) is 0 Å². The Hall–Kier alpha value is -5.88. The molecule has 0 aliphatic carbocycles. The number of nitrogens with zero attached hydrogens (tertiary/aromatic N) is 3. The van der Waals surface area contributed by atoms with E-state index in [-0.39, 0.29) is 0 Å². The highest BCUT2D eigenvalue weighted by Crippen LogP contribution is 2.45. The van der Waals surface area contributed by atoms with Crippen molar-refractivity contribution in [3.8, 4) is 29.0 Å². The molecule has 0 unspecified atom stereocenters. The van der Waals surface area contributed by atoms with Crippen LogP contribution in [0.25, 0.3) is 80.7 Å². The van der Waals surface area contributed by atoms with Gasteiger partial charge in [-0.2, -0.15) is 10.5 Å². The molecule has 4 nitrogen and oxygen atoms in total. The van der Waals surface area contributed by atoms with Crippen LogP contribution >= 0.6 is 11.3 Å². The molecule has 198 valence electrons. The van der Waals surface area contributed by atoms with E-state index in [1.165, 1.54) is 0 Å². The number of thiophene rings is 1. The Morgan fingerprint density at radius 3 is 2.16 bits per heavy atom. The van der Waals surface area contributed by atoms with Crippen LogP contribution in [0.5, 0.6) is 0 Å². The summed E-state index contributed by atoms with van der Waals surface area (Å²) in [6.07, 6.45) is 0. The Morgan fingerprint density at radius 2 is 1.28 bits per heavy atom. The minimum Gasteiger partial charge on any atom is -0.456 e. The fourth-order valence-corrected chi connectivity index (χ4v) is 7.96. The van der Waals surface area contributed by atoms with E-state index >= 15 is 0 Å². The van der Waals surface area contributed by atoms with Crippen LogP contribution in [-0.2, 0) is 0 Å². The average Bonchev–Trinajstić information content (AvgIpc) is 3.73. The van der Waals surface area contributed by atoms with Crippen molar-refractivity contribution in [1.82, 2.24) is 4.57 Å². The van der Waals surface area contributed by atoms with E-state index in [0.29, 0.717) is 11.1 Å². The second kappa shape index (κ2) is 8.81. The van der Waals surface area contributed by atoms with Crippen molar-refractivity contribution in [3.63, 3.8) is 0 Å². The fourth-order valence-electron chi connectivity index (χ4n) is 6.64. The summed E-state index contributed by atoms with van der Waals surface area (Å²) in [5.41, 5.74) is 7.87. The lowest BCUT2D eigenvalue weighted by atomic mass is 9.98. The van der Waals surface area contributed by atoms with Crippen molar-refractivity contribution in [3.05, 3.63) is 126 Å². The van der Waals surface area contributed by atoms with Crippen LogP contribution in [-0.4, -0.2) is 4.57 Å². The Labute approximate surface area is 249 Å². The van der Waals surface area contributed by atoms with Crippen LogP contribution in [0.4, 0.5) is 0 Å². The molecule has 0 saturated heterocycles. The lowest BCUT2D eigenvalue weighted by Crippen LogP contribution is -2.00. The van der Waals surface area contributed by atoms with E-state index in [2.05, 4.69) is 77.4 Å². The lowest BCUT2D eigenvalue weighted by molar-refractivity contribution is 0.669. The average molecular weight is 566 g/mol. The van der Waals surface area contributed by atoms with Crippen molar-refractivity contribution in [1.29, 1.82) is 10.5 Å². The molecular formula is C38H19N3OS. The minimum atomic E-state index is 0.598. The van der Waals surface area contributed by atoms with E-state index < -0.39 is 0 Å². The first-order valence-electron chi connectivity index (χ1n) is 14.0. The molecule has 9 rings (SSSR count). The SMILES string of the molecule is N#Cc1cccc(-c2ccc3oc4ccccc4c3c2)c1-n1c2ccccc2c2c3sc4c(C#N)cccc4c3ccc21. The van der Waals surface area contributed by atoms with E-state index in [9.17, 15) is 10.5 Å². The molecule has 9 aromatic rings. The van der Waals surface area contributed by atoms with E-state index in [0.717, 1.165) is 80.7 Å². The van der Waals surface area contributed by atoms with Gasteiger partial charge in [0, 0.05) is 42.6 Å². The largest absolute Gasteiger partial charge is 0.456 e. The summed E-state index contributed by atoms with van der Waals surface area (Å²) in [6, 6.07) is 43.8. The number of benzene rings is 6. The fraction of sp³-hybridized carbons (Fsp3) is 0. The molecule has 0 spiro atoms. The summed E-state index contributed by atoms with van der Waals surface area (Å²) >= 11 is 1.67. The number of fused-ring (bicyclic) bond motifs is 10. The zero-order valence-electron chi connectivity index (χ0n) is 22.6. The molecule has 0 atom stereocenters. The highest BCUT2D eigenvalue weighted by atomic mass is 32.1. The predicted molar refractivity (Wildman–Crippen MR) is 176 cm³/mol. The molecule has 0 radical (unpaired) electrons. The van der Waals surface area contributed by atoms with Gasteiger partial charge in [0.1, 0.15) is 23.3 Å². The maximum absolute atomic E-state index is 10.4. The van der Waals surface area contributed by atoms with Crippen molar-refractivity contribution in [2.45, 2.75) is 0 Å². The molecule has 5 heteroatoms. The highest BCUT2D eigenvalue weighted by Gasteiger charge is 2.22. The van der Waals surface area contributed by atoms with Gasteiger partial charge in [0.05, 0.1) is 32.5 Å². The third-order valence-electron chi connectivity index (χ3n) is 8.49. The first-order valence-corrected chi connectivity index (χ1v) is 14.8. The van der Waals surface area contributed by atoms with Gasteiger partial charge in [-0.15, -0.1) is 11.3 Å². The third kappa shape index (κ3) is 3.23. The van der Waals surface area contributed by atoms with Gasteiger partial charge in [0.25, 0.3) is 0 Å². The van der Waals surface area contributed by atoms with Crippen molar-refractivity contribution < 1.29 is 4.42 Å². The quantitative estimate of drug-likeness (QED) is 0.209. The van der Waals surface area contributed by atoms with Crippen LogP contribution in [0.1, 0.15) is 11.1 Å². The topological polar surface area (TPSA) is 65.7 Å². The minimum absolute atomic E-state index is 0.598. The standard InChI is InChI=1S/C38H19N3OS/c39-20-23-7-5-11-25(22-15-18-34-30(19-22)26-9-2-4-14-33(26)42-34)36(23)41-31-13-3-1-10-29(31)35-32(41)17-16-28-27-12-6-8-24(21-40)37(27)43-38(28)35/h1-19H. The predicted octanol–water partition coefficient (Wildman–Crippen LogP) is 10.5. The van der Waals surface area contributed by atoms with Gasteiger partial charge in [-0.3, -0.25) is 0 Å². The normalized spacial score (nSPS) is 11.7. The lowest BCUT2D eigenvalue weighted by Gasteiger charge is -2.16. The van der Waals surface area contributed by atoms with Crippen LogP contribution < -0.4 is 0 Å². The first kappa shape index (κ1) is 23.8. The second-order valence-corrected chi connectivity index (χ2v) is 11.7. The summed E-state index contributed by atoms with van der Waals surface area (Å²) in [5, 5.41) is 26.8. The number of furan rings is 1. The summed E-state index contributed by atoms with van der Waals surface area (Å²) in [6.45, 7) is 0. The molecule has 43 heavy (non-hydrogen) atoms. The molecule has 0 saturated carbocycles. The molecule has 6 aromatic carbocycles. The maximum atomic E-state index is 10.4. The molecule has 0 aliphatic rings. The summed E-state index contributed by atoms with van der Waals surface area (Å²) in [7, 11) is 0. The van der Waals surface area contributed by atoms with Gasteiger partial charge in [-0.25, -0.2) is 0 Å². The maximum Gasteiger partial charge on any atom is 0.135 e. The number of aromatic nitrogens is 1. The van der Waals surface area contributed by atoms with Gasteiger partial charge in [0.15, 0.2) is 0 Å². The zero-order chi connectivity index (χ0) is 28.7. The molecule has 0 N–H and O–H groups in total. The summed E-state index contributed by atoms with van der Waals surface area (Å²) in [5.74, 6) is 0. The molecule has 0 fully saturated rings. The van der Waals surface area contributed by atoms with Gasteiger partial charge in [-0.1, -0.05) is 72.8 Å². The van der Waals surface area contributed by atoms with Crippen LogP contribution in [0.3, 0.4) is 0 Å². The number of para-hydroxylation sites is 3. The van der Waals surface area contributed by atoms with E-state index in [4.69, 9.17) is 4.42 Å². The molecular weight excluding hydrogens is 547 g/mol. The Morgan fingerprint density at radius 1 is 0.558 bits per heavy atom. The van der Waals surface area contributed by atoms with Gasteiger partial charge in [-0.05, 0) is 48.0 Å². The highest BCUT2D eigenvalue weighted by molar-refractivity contribution is 7.27. The summed E-state index contributed by atoms with van der Waals surface area (Å²) in [4.78, 5) is 0.